The first-order chi connectivity index (χ1) is 9.66. The highest BCUT2D eigenvalue weighted by molar-refractivity contribution is 7.92. The van der Waals surface area contributed by atoms with Crippen LogP contribution < -0.4 is 4.31 Å². The number of nitrogens with zero attached hydrogens (tertiary/aromatic N) is 2. The van der Waals surface area contributed by atoms with Gasteiger partial charge in [-0.2, -0.15) is 0 Å². The molecule has 9 heteroatoms. The van der Waals surface area contributed by atoms with Gasteiger partial charge in [-0.25, -0.2) is 8.42 Å². The molecule has 0 N–H and O–H groups in total. The molecule has 0 aliphatic carbocycles. The van der Waals surface area contributed by atoms with Crippen molar-refractivity contribution in [2.75, 3.05) is 23.7 Å². The molecule has 1 aromatic rings. The lowest BCUT2D eigenvalue weighted by Gasteiger charge is -2.21. The minimum atomic E-state index is -3.87. The Kier molecular flexibility index (Phi) is 5.25. The maximum absolute atomic E-state index is 11.8. The molecule has 1 aromatic carbocycles. The molecule has 1 rings (SSSR count). The summed E-state index contributed by atoms with van der Waals surface area (Å²) in [7, 11) is -3.87. The van der Waals surface area contributed by atoms with Crippen LogP contribution in [0.3, 0.4) is 0 Å². The molecular weight excluding hydrogens is 300 g/mol. The van der Waals surface area contributed by atoms with Crippen molar-refractivity contribution in [2.45, 2.75) is 13.8 Å². The first-order valence-electron chi connectivity index (χ1n) is 6.05. The van der Waals surface area contributed by atoms with Crippen molar-refractivity contribution in [1.82, 2.24) is 0 Å². The molecule has 8 nitrogen and oxygen atoms in total. The molecule has 0 radical (unpaired) electrons. The van der Waals surface area contributed by atoms with Crippen molar-refractivity contribution in [3.05, 3.63) is 33.9 Å². The van der Waals surface area contributed by atoms with E-state index in [4.69, 9.17) is 4.74 Å². The molecule has 0 saturated heterocycles. The fraction of sp³-hybridized carbons (Fsp3) is 0.417. The van der Waals surface area contributed by atoms with Gasteiger partial charge >= 0.3 is 5.97 Å². The number of anilines is 1. The standard InChI is InChI=1S/C12H16N2O6S/c1-4-20-12(15)8-13(21(3,18)19)10-6-5-9(2)7-11(10)14(16)17/h5-7H,4,8H2,1-3H3. The normalized spacial score (nSPS) is 11.0. The molecule has 0 atom stereocenters. The first kappa shape index (κ1) is 16.9. The molecule has 21 heavy (non-hydrogen) atoms. The lowest BCUT2D eigenvalue weighted by Crippen LogP contribution is -2.36. The monoisotopic (exact) mass is 316 g/mol. The summed E-state index contributed by atoms with van der Waals surface area (Å²) in [6.07, 6.45) is 0.871. The lowest BCUT2D eigenvalue weighted by atomic mass is 10.2. The highest BCUT2D eigenvalue weighted by Gasteiger charge is 2.28. The number of sulfonamides is 1. The molecule has 116 valence electrons. The second-order valence-corrected chi connectivity index (χ2v) is 6.23. The second-order valence-electron chi connectivity index (χ2n) is 4.32. The van der Waals surface area contributed by atoms with Crippen molar-refractivity contribution in [3.8, 4) is 0 Å². The summed E-state index contributed by atoms with van der Waals surface area (Å²) in [5.41, 5.74) is 0.0564. The highest BCUT2D eigenvalue weighted by atomic mass is 32.2. The Bertz CT molecular complexity index is 656. The van der Waals surface area contributed by atoms with Crippen molar-refractivity contribution in [2.24, 2.45) is 0 Å². The topological polar surface area (TPSA) is 107 Å². The maximum atomic E-state index is 11.8. The third-order valence-electron chi connectivity index (χ3n) is 2.57. The van der Waals surface area contributed by atoms with E-state index in [9.17, 15) is 23.3 Å². The minimum Gasteiger partial charge on any atom is -0.465 e. The van der Waals surface area contributed by atoms with Crippen LogP contribution in [0.1, 0.15) is 12.5 Å². The largest absolute Gasteiger partial charge is 0.465 e. The number of hydrogen-bond donors (Lipinski definition) is 0. The van der Waals surface area contributed by atoms with Gasteiger partial charge < -0.3 is 4.74 Å². The molecule has 0 aromatic heterocycles. The number of carbonyl (C=O) groups excluding carboxylic acids is 1. The fourth-order valence-corrected chi connectivity index (χ4v) is 2.55. The summed E-state index contributed by atoms with van der Waals surface area (Å²) in [5.74, 6) is -0.780. The summed E-state index contributed by atoms with van der Waals surface area (Å²) < 4.78 is 29.0. The van der Waals surface area contributed by atoms with E-state index in [0.717, 1.165) is 6.26 Å². The van der Waals surface area contributed by atoms with Crippen LogP contribution in [0.25, 0.3) is 0 Å². The van der Waals surface area contributed by atoms with Crippen molar-refractivity contribution >= 4 is 27.4 Å². The Morgan fingerprint density at radius 1 is 1.43 bits per heavy atom. The van der Waals surface area contributed by atoms with Gasteiger partial charge in [-0.1, -0.05) is 6.07 Å². The predicted molar refractivity (Wildman–Crippen MR) is 76.7 cm³/mol. The minimum absolute atomic E-state index is 0.0897. The van der Waals surface area contributed by atoms with E-state index < -0.39 is 27.5 Å². The molecular formula is C12H16N2O6S. The maximum Gasteiger partial charge on any atom is 0.326 e. The average molecular weight is 316 g/mol. The molecule has 0 heterocycles. The zero-order valence-corrected chi connectivity index (χ0v) is 12.7. The number of benzene rings is 1. The molecule has 0 saturated carbocycles. The number of nitro benzene ring substituents is 1. The van der Waals surface area contributed by atoms with Crippen LogP contribution in [0.4, 0.5) is 11.4 Å². The zero-order valence-electron chi connectivity index (χ0n) is 11.9. The van der Waals surface area contributed by atoms with E-state index in [1.165, 1.54) is 18.2 Å². The van der Waals surface area contributed by atoms with E-state index >= 15 is 0 Å². The summed E-state index contributed by atoms with van der Waals surface area (Å²) in [5, 5.41) is 11.1. The van der Waals surface area contributed by atoms with Gasteiger partial charge in [0.25, 0.3) is 5.69 Å². The van der Waals surface area contributed by atoms with Crippen molar-refractivity contribution in [1.29, 1.82) is 0 Å². The van der Waals surface area contributed by atoms with E-state index in [-0.39, 0.29) is 18.0 Å². The summed E-state index contributed by atoms with van der Waals surface area (Å²) in [6, 6.07) is 4.08. The molecule has 0 fully saturated rings. The molecule has 0 bridgehead atoms. The Morgan fingerprint density at radius 3 is 2.52 bits per heavy atom. The Hall–Kier alpha value is -2.16. The third kappa shape index (κ3) is 4.42. The Labute approximate surface area is 122 Å². The number of aryl methyl sites for hydroxylation is 1. The Morgan fingerprint density at radius 2 is 2.05 bits per heavy atom. The van der Waals surface area contributed by atoms with Crippen LogP contribution >= 0.6 is 0 Å². The van der Waals surface area contributed by atoms with Gasteiger partial charge in [0.1, 0.15) is 12.2 Å². The second kappa shape index (κ2) is 6.53. The molecule has 0 spiro atoms. The van der Waals surface area contributed by atoms with Gasteiger partial charge in [-0.05, 0) is 25.5 Å². The fourth-order valence-electron chi connectivity index (χ4n) is 1.70. The average Bonchev–Trinajstić information content (AvgIpc) is 2.35. The van der Waals surface area contributed by atoms with Crippen LogP contribution in [-0.2, 0) is 19.6 Å². The van der Waals surface area contributed by atoms with E-state index in [1.54, 1.807) is 13.8 Å². The molecule has 0 aliphatic heterocycles. The van der Waals surface area contributed by atoms with Crippen LogP contribution in [0.5, 0.6) is 0 Å². The highest BCUT2D eigenvalue weighted by Crippen LogP contribution is 2.30. The van der Waals surface area contributed by atoms with Crippen molar-refractivity contribution < 1.29 is 22.9 Å². The predicted octanol–water partition coefficient (Wildman–Crippen LogP) is 1.23. The van der Waals surface area contributed by atoms with Gasteiger partial charge in [0.05, 0.1) is 17.8 Å². The number of hydrogen-bond acceptors (Lipinski definition) is 6. The van der Waals surface area contributed by atoms with Gasteiger partial charge in [-0.3, -0.25) is 19.2 Å². The molecule has 0 amide bonds. The van der Waals surface area contributed by atoms with Crippen LogP contribution in [0.2, 0.25) is 0 Å². The van der Waals surface area contributed by atoms with Crippen LogP contribution in [0, 0.1) is 17.0 Å². The molecule has 0 aliphatic rings. The van der Waals surface area contributed by atoms with E-state index in [0.29, 0.717) is 9.87 Å². The number of rotatable bonds is 6. The van der Waals surface area contributed by atoms with Crippen molar-refractivity contribution in [3.63, 3.8) is 0 Å². The summed E-state index contributed by atoms with van der Waals surface area (Å²) in [4.78, 5) is 21.9. The molecule has 0 unspecified atom stereocenters. The van der Waals surface area contributed by atoms with Gasteiger partial charge in [0.2, 0.25) is 10.0 Å². The van der Waals surface area contributed by atoms with Crippen LogP contribution in [0.15, 0.2) is 18.2 Å². The first-order valence-corrected chi connectivity index (χ1v) is 7.90. The van der Waals surface area contributed by atoms with E-state index in [1.807, 2.05) is 0 Å². The number of carbonyl (C=O) groups is 1. The summed E-state index contributed by atoms with van der Waals surface area (Å²) in [6.45, 7) is 2.70. The third-order valence-corrected chi connectivity index (χ3v) is 3.70. The Balaban J connectivity index is 3.34. The number of ether oxygens (including phenoxy) is 1. The van der Waals surface area contributed by atoms with Gasteiger partial charge in [-0.15, -0.1) is 0 Å². The smallest absolute Gasteiger partial charge is 0.326 e. The SMILES string of the molecule is CCOC(=O)CN(c1ccc(C)cc1[N+](=O)[O-])S(C)(=O)=O. The summed E-state index contributed by atoms with van der Waals surface area (Å²) >= 11 is 0. The number of esters is 1. The van der Waals surface area contributed by atoms with Crippen LogP contribution in [-0.4, -0.2) is 38.7 Å². The van der Waals surface area contributed by atoms with Gasteiger partial charge in [0.15, 0.2) is 0 Å². The van der Waals surface area contributed by atoms with Gasteiger partial charge in [0, 0.05) is 6.07 Å². The number of nitro groups is 1. The van der Waals surface area contributed by atoms with E-state index in [2.05, 4.69) is 0 Å². The quantitative estimate of drug-likeness (QED) is 0.444. The lowest BCUT2D eigenvalue weighted by molar-refractivity contribution is -0.384. The zero-order chi connectivity index (χ0) is 16.2.